The van der Waals surface area contributed by atoms with Gasteiger partial charge in [0.15, 0.2) is 0 Å². The van der Waals surface area contributed by atoms with Gasteiger partial charge in [-0.1, -0.05) is 47.0 Å². The van der Waals surface area contributed by atoms with Crippen LogP contribution in [0.4, 0.5) is 0 Å². The highest BCUT2D eigenvalue weighted by Crippen LogP contribution is 2.41. The van der Waals surface area contributed by atoms with Crippen molar-refractivity contribution in [3.05, 3.63) is 34.3 Å². The normalized spacial score (nSPS) is 27.8. The van der Waals surface area contributed by atoms with Gasteiger partial charge in [0.1, 0.15) is 0 Å². The van der Waals surface area contributed by atoms with Crippen LogP contribution in [0, 0.1) is 0 Å². The van der Waals surface area contributed by atoms with Crippen LogP contribution in [0.1, 0.15) is 50.0 Å². The minimum absolute atomic E-state index is 0.415. The van der Waals surface area contributed by atoms with Crippen molar-refractivity contribution < 1.29 is 0 Å². The zero-order chi connectivity index (χ0) is 14.9. The summed E-state index contributed by atoms with van der Waals surface area (Å²) in [6, 6.07) is 9.39. The maximum absolute atomic E-state index is 3.85. The van der Waals surface area contributed by atoms with Crippen molar-refractivity contribution in [1.29, 1.82) is 0 Å². The number of nitrogens with one attached hydrogen (secondary N) is 1. The molecule has 1 N–H and O–H groups in total. The number of benzene rings is 1. The summed E-state index contributed by atoms with van der Waals surface area (Å²) in [6.45, 7) is 1.16. The van der Waals surface area contributed by atoms with Crippen LogP contribution in [0.3, 0.4) is 0 Å². The van der Waals surface area contributed by atoms with Crippen LogP contribution in [-0.4, -0.2) is 37.1 Å². The number of halogens is 1. The molecule has 0 aliphatic heterocycles. The zero-order valence-corrected chi connectivity index (χ0v) is 14.8. The Hall–Kier alpha value is -0.380. The fourth-order valence-electron chi connectivity index (χ4n) is 3.99. The van der Waals surface area contributed by atoms with Crippen molar-refractivity contribution in [3.63, 3.8) is 0 Å². The van der Waals surface area contributed by atoms with E-state index in [1.165, 1.54) is 48.6 Å². The molecule has 0 saturated heterocycles. The molecule has 0 atom stereocenters. The molecule has 2 nitrogen and oxygen atoms in total. The highest BCUT2D eigenvalue weighted by atomic mass is 79.9. The van der Waals surface area contributed by atoms with E-state index >= 15 is 0 Å². The quantitative estimate of drug-likeness (QED) is 0.857. The predicted octanol–water partition coefficient (Wildman–Crippen LogP) is 4.16. The first-order chi connectivity index (χ1) is 10.1. The van der Waals surface area contributed by atoms with Crippen LogP contribution >= 0.6 is 15.9 Å². The van der Waals surface area contributed by atoms with Crippen molar-refractivity contribution >= 4 is 15.9 Å². The van der Waals surface area contributed by atoms with Gasteiger partial charge in [-0.3, -0.25) is 0 Å². The summed E-state index contributed by atoms with van der Waals surface area (Å²) < 4.78 is 1.27. The molecule has 0 unspecified atom stereocenters. The van der Waals surface area contributed by atoms with Crippen molar-refractivity contribution in [2.75, 3.05) is 20.6 Å². The number of hydrogen-bond donors (Lipinski definition) is 1. The lowest BCUT2D eigenvalue weighted by atomic mass is 9.75. The van der Waals surface area contributed by atoms with Gasteiger partial charge in [-0.05, 0) is 57.3 Å². The van der Waals surface area contributed by atoms with Crippen LogP contribution in [0.25, 0.3) is 0 Å². The van der Waals surface area contributed by atoms with Gasteiger partial charge in [0.05, 0.1) is 0 Å². The Morgan fingerprint density at radius 2 is 1.86 bits per heavy atom. The molecule has 2 aliphatic rings. The molecular formula is C18H27BrN2. The lowest BCUT2D eigenvalue weighted by molar-refractivity contribution is 0.138. The molecule has 3 heteroatoms. The van der Waals surface area contributed by atoms with E-state index in [4.69, 9.17) is 0 Å². The van der Waals surface area contributed by atoms with E-state index < -0.39 is 0 Å². The minimum atomic E-state index is 0.415. The van der Waals surface area contributed by atoms with Crippen molar-refractivity contribution in [2.45, 2.75) is 56.0 Å². The molecule has 0 bridgehead atoms. The largest absolute Gasteiger partial charge is 0.312 e. The summed E-state index contributed by atoms with van der Waals surface area (Å²) in [5.74, 6) is 0.733. The van der Waals surface area contributed by atoms with Gasteiger partial charge < -0.3 is 10.2 Å². The number of rotatable bonds is 5. The number of likely N-dealkylation sites (N-methyl/N-ethyl adjacent to an activating group) is 1. The standard InChI is InChI=1S/C18H27BrN2/c1-21(2)18(9-5-6-10-18)13-20-15-11-14(12-15)16-7-3-4-8-17(16)19/h3-4,7-8,14-15,20H,5-6,9-13H2,1-2H3. The van der Waals surface area contributed by atoms with E-state index in [2.05, 4.69) is 64.5 Å². The average molecular weight is 351 g/mol. The van der Waals surface area contributed by atoms with E-state index in [1.807, 2.05) is 0 Å². The molecule has 0 amide bonds. The second kappa shape index (κ2) is 6.39. The first kappa shape index (κ1) is 15.5. The van der Waals surface area contributed by atoms with E-state index in [0.717, 1.165) is 12.5 Å². The molecular weight excluding hydrogens is 324 g/mol. The van der Waals surface area contributed by atoms with Gasteiger partial charge in [0.2, 0.25) is 0 Å². The smallest absolute Gasteiger partial charge is 0.0327 e. The summed E-state index contributed by atoms with van der Waals surface area (Å²) in [6.07, 6.45) is 8.06. The van der Waals surface area contributed by atoms with E-state index in [0.29, 0.717) is 11.6 Å². The molecule has 2 saturated carbocycles. The topological polar surface area (TPSA) is 15.3 Å². The third-order valence-corrected chi connectivity index (χ3v) is 6.41. The Morgan fingerprint density at radius 1 is 1.19 bits per heavy atom. The fraction of sp³-hybridized carbons (Fsp3) is 0.667. The van der Waals surface area contributed by atoms with Crippen LogP contribution < -0.4 is 5.32 Å². The second-order valence-electron chi connectivity index (χ2n) is 7.09. The molecule has 116 valence electrons. The van der Waals surface area contributed by atoms with Gasteiger partial charge in [0, 0.05) is 22.6 Å². The van der Waals surface area contributed by atoms with E-state index in [1.54, 1.807) is 0 Å². The monoisotopic (exact) mass is 350 g/mol. The molecule has 2 fully saturated rings. The Balaban J connectivity index is 1.50. The predicted molar refractivity (Wildman–Crippen MR) is 92.8 cm³/mol. The third kappa shape index (κ3) is 3.20. The highest BCUT2D eigenvalue weighted by Gasteiger charge is 2.38. The van der Waals surface area contributed by atoms with E-state index in [-0.39, 0.29) is 0 Å². The Labute approximate surface area is 137 Å². The third-order valence-electron chi connectivity index (χ3n) is 5.69. The van der Waals surface area contributed by atoms with Gasteiger partial charge >= 0.3 is 0 Å². The second-order valence-corrected chi connectivity index (χ2v) is 7.95. The molecule has 2 aliphatic carbocycles. The van der Waals surface area contributed by atoms with Gasteiger partial charge in [0.25, 0.3) is 0 Å². The molecule has 0 spiro atoms. The zero-order valence-electron chi connectivity index (χ0n) is 13.2. The molecule has 21 heavy (non-hydrogen) atoms. The first-order valence-electron chi connectivity index (χ1n) is 8.26. The molecule has 0 aromatic heterocycles. The Kier molecular flexibility index (Phi) is 4.72. The lowest BCUT2D eigenvalue weighted by Gasteiger charge is -2.42. The highest BCUT2D eigenvalue weighted by molar-refractivity contribution is 9.10. The van der Waals surface area contributed by atoms with Crippen LogP contribution in [0.2, 0.25) is 0 Å². The van der Waals surface area contributed by atoms with Crippen molar-refractivity contribution in [3.8, 4) is 0 Å². The summed E-state index contributed by atoms with van der Waals surface area (Å²) in [5.41, 5.74) is 1.90. The van der Waals surface area contributed by atoms with Gasteiger partial charge in [-0.15, -0.1) is 0 Å². The summed E-state index contributed by atoms with van der Waals surface area (Å²) in [7, 11) is 4.50. The molecule has 1 aromatic rings. The van der Waals surface area contributed by atoms with Crippen LogP contribution in [-0.2, 0) is 0 Å². The van der Waals surface area contributed by atoms with Crippen molar-refractivity contribution in [1.82, 2.24) is 10.2 Å². The SMILES string of the molecule is CN(C)C1(CNC2CC(c3ccccc3Br)C2)CCCC1. The molecule has 0 heterocycles. The van der Waals surface area contributed by atoms with E-state index in [9.17, 15) is 0 Å². The molecule has 3 rings (SSSR count). The maximum Gasteiger partial charge on any atom is 0.0327 e. The lowest BCUT2D eigenvalue weighted by Crippen LogP contribution is -2.53. The first-order valence-corrected chi connectivity index (χ1v) is 9.05. The summed E-state index contributed by atoms with van der Waals surface area (Å²) in [5, 5.41) is 3.85. The van der Waals surface area contributed by atoms with Crippen LogP contribution in [0.5, 0.6) is 0 Å². The maximum atomic E-state index is 3.85. The number of nitrogens with zero attached hydrogens (tertiary/aromatic N) is 1. The Bertz CT molecular complexity index is 474. The fourth-order valence-corrected chi connectivity index (χ4v) is 4.60. The summed E-state index contributed by atoms with van der Waals surface area (Å²) >= 11 is 3.68. The average Bonchev–Trinajstić information content (AvgIpc) is 2.89. The van der Waals surface area contributed by atoms with Crippen molar-refractivity contribution in [2.24, 2.45) is 0 Å². The summed E-state index contributed by atoms with van der Waals surface area (Å²) in [4.78, 5) is 2.46. The Morgan fingerprint density at radius 3 is 2.48 bits per heavy atom. The van der Waals surface area contributed by atoms with Crippen LogP contribution in [0.15, 0.2) is 28.7 Å². The van der Waals surface area contributed by atoms with Gasteiger partial charge in [-0.25, -0.2) is 0 Å². The van der Waals surface area contributed by atoms with Gasteiger partial charge in [-0.2, -0.15) is 0 Å². The number of hydrogen-bond acceptors (Lipinski definition) is 2. The molecule has 0 radical (unpaired) electrons. The molecule has 1 aromatic carbocycles. The minimum Gasteiger partial charge on any atom is -0.312 e.